The molecule has 2 unspecified atom stereocenters. The van der Waals surface area contributed by atoms with E-state index < -0.39 is 5.54 Å². The number of carbonyl (C=O) groups is 3. The summed E-state index contributed by atoms with van der Waals surface area (Å²) in [4.78, 5) is 41.2. The van der Waals surface area contributed by atoms with Gasteiger partial charge in [0.25, 0.3) is 17.7 Å². The first kappa shape index (κ1) is 25.3. The van der Waals surface area contributed by atoms with Crippen LogP contribution in [-0.2, 0) is 15.1 Å². The van der Waals surface area contributed by atoms with Crippen LogP contribution in [0.4, 0.5) is 0 Å². The van der Waals surface area contributed by atoms with Crippen LogP contribution in [0.2, 0.25) is 0 Å². The second-order valence-corrected chi connectivity index (χ2v) is 10.3. The number of rotatable bonds is 8. The summed E-state index contributed by atoms with van der Waals surface area (Å²) in [6.07, 6.45) is 3.28. The van der Waals surface area contributed by atoms with Gasteiger partial charge < -0.3 is 15.1 Å². The van der Waals surface area contributed by atoms with Crippen LogP contribution in [0.1, 0.15) is 47.3 Å². The summed E-state index contributed by atoms with van der Waals surface area (Å²) < 4.78 is 0. The maximum Gasteiger partial charge on any atom is 0.255 e. The fraction of sp³-hybridized carbons (Fsp3) is 0.258. The van der Waals surface area contributed by atoms with E-state index in [1.54, 1.807) is 24.3 Å². The smallest absolute Gasteiger partial charge is 0.255 e. The fourth-order valence-electron chi connectivity index (χ4n) is 5.91. The van der Waals surface area contributed by atoms with Crippen molar-refractivity contribution in [2.75, 3.05) is 13.1 Å². The molecule has 2 atom stereocenters. The minimum atomic E-state index is -0.975. The Morgan fingerprint density at radius 3 is 1.76 bits per heavy atom. The van der Waals surface area contributed by atoms with Gasteiger partial charge in [-0.05, 0) is 65.3 Å². The third-order valence-corrected chi connectivity index (χ3v) is 7.46. The lowest BCUT2D eigenvalue weighted by Gasteiger charge is -2.42. The summed E-state index contributed by atoms with van der Waals surface area (Å²) in [5, 5.41) is 20.1. The first-order valence-corrected chi connectivity index (χ1v) is 12.8. The second-order valence-electron chi connectivity index (χ2n) is 10.3. The lowest BCUT2D eigenvalue weighted by atomic mass is 9.76. The highest BCUT2D eigenvalue weighted by molar-refractivity contribution is 6.12. The van der Waals surface area contributed by atoms with E-state index in [1.165, 1.54) is 17.1 Å². The summed E-state index contributed by atoms with van der Waals surface area (Å²) in [5.41, 5.74) is 2.10. The molecule has 7 nitrogen and oxygen atoms in total. The molecule has 0 aromatic heterocycles. The number of nitrogens with zero attached hydrogens (tertiary/aromatic N) is 2. The van der Waals surface area contributed by atoms with Crippen molar-refractivity contribution in [1.29, 1.82) is 0 Å². The topological polar surface area (TPSA) is 98.2 Å². The SMILES string of the molecule is CC(CC(C)CN1C(=O)c2ccccc2C1(c1ccc(O)cc1)c1ccc(O)cc1)CN1C(=O)C=CC1=O. The number of benzene rings is 3. The minimum absolute atomic E-state index is 0.0367. The van der Waals surface area contributed by atoms with Gasteiger partial charge in [-0.2, -0.15) is 0 Å². The Kier molecular flexibility index (Phi) is 6.53. The molecule has 0 saturated carbocycles. The van der Waals surface area contributed by atoms with Crippen LogP contribution in [0, 0.1) is 11.8 Å². The van der Waals surface area contributed by atoms with Gasteiger partial charge in [0, 0.05) is 30.8 Å². The molecule has 2 aliphatic rings. The second kappa shape index (κ2) is 9.82. The number of hydrogen-bond acceptors (Lipinski definition) is 5. The lowest BCUT2D eigenvalue weighted by Crippen LogP contribution is -2.47. The van der Waals surface area contributed by atoms with E-state index in [1.807, 2.05) is 60.4 Å². The van der Waals surface area contributed by atoms with Crippen molar-refractivity contribution >= 4 is 17.7 Å². The van der Waals surface area contributed by atoms with Gasteiger partial charge in [-0.3, -0.25) is 19.3 Å². The van der Waals surface area contributed by atoms with Crippen LogP contribution in [0.5, 0.6) is 11.5 Å². The summed E-state index contributed by atoms with van der Waals surface area (Å²) in [6, 6.07) is 21.3. The molecule has 2 heterocycles. The maximum absolute atomic E-state index is 14.0. The summed E-state index contributed by atoms with van der Waals surface area (Å²) >= 11 is 0. The van der Waals surface area contributed by atoms with Crippen LogP contribution < -0.4 is 0 Å². The van der Waals surface area contributed by atoms with Gasteiger partial charge >= 0.3 is 0 Å². The van der Waals surface area contributed by atoms with E-state index in [2.05, 4.69) is 6.92 Å². The van der Waals surface area contributed by atoms with Gasteiger partial charge in [0.15, 0.2) is 0 Å². The van der Waals surface area contributed by atoms with E-state index in [-0.39, 0.29) is 41.1 Å². The zero-order valence-corrected chi connectivity index (χ0v) is 21.4. The molecule has 0 saturated heterocycles. The largest absolute Gasteiger partial charge is 0.508 e. The standard InChI is InChI=1S/C31H30N2O5/c1-20(18-32-28(36)15-16-29(32)37)17-21(2)19-33-30(38)26-5-3-4-6-27(26)31(33,22-7-11-24(34)12-8-22)23-9-13-25(35)14-10-23/h3-16,20-21,34-35H,17-19H2,1-2H3. The van der Waals surface area contributed by atoms with Crippen LogP contribution in [0.3, 0.4) is 0 Å². The number of aromatic hydroxyl groups is 2. The number of hydrogen-bond donors (Lipinski definition) is 2. The number of phenols is 2. The number of carbonyl (C=O) groups excluding carboxylic acids is 3. The zero-order valence-electron chi connectivity index (χ0n) is 21.4. The zero-order chi connectivity index (χ0) is 27.0. The molecular formula is C31H30N2O5. The van der Waals surface area contributed by atoms with Crippen LogP contribution in [0.25, 0.3) is 0 Å². The van der Waals surface area contributed by atoms with Gasteiger partial charge in [0.1, 0.15) is 17.0 Å². The molecule has 0 bridgehead atoms. The van der Waals surface area contributed by atoms with Crippen molar-refractivity contribution in [1.82, 2.24) is 9.80 Å². The molecule has 38 heavy (non-hydrogen) atoms. The molecule has 0 fully saturated rings. The first-order valence-electron chi connectivity index (χ1n) is 12.8. The normalized spacial score (nSPS) is 17.7. The molecular weight excluding hydrogens is 480 g/mol. The van der Waals surface area contributed by atoms with Crippen molar-refractivity contribution in [3.05, 3.63) is 107 Å². The summed E-state index contributed by atoms with van der Waals surface area (Å²) in [5.74, 6) is -0.359. The van der Waals surface area contributed by atoms with Gasteiger partial charge in [0.2, 0.25) is 0 Å². The minimum Gasteiger partial charge on any atom is -0.508 e. The Morgan fingerprint density at radius 2 is 1.21 bits per heavy atom. The van der Waals surface area contributed by atoms with E-state index >= 15 is 0 Å². The predicted molar refractivity (Wildman–Crippen MR) is 142 cm³/mol. The van der Waals surface area contributed by atoms with Crippen LogP contribution in [-0.4, -0.2) is 50.8 Å². The molecule has 3 amide bonds. The summed E-state index contributed by atoms with van der Waals surface area (Å²) in [7, 11) is 0. The van der Waals surface area contributed by atoms with Crippen LogP contribution in [0.15, 0.2) is 84.9 Å². The van der Waals surface area contributed by atoms with E-state index in [0.29, 0.717) is 25.1 Å². The van der Waals surface area contributed by atoms with E-state index in [9.17, 15) is 24.6 Å². The average Bonchev–Trinajstić information content (AvgIpc) is 3.34. The van der Waals surface area contributed by atoms with Crippen molar-refractivity contribution in [3.8, 4) is 11.5 Å². The molecule has 2 N–H and O–H groups in total. The Hall–Kier alpha value is -4.39. The van der Waals surface area contributed by atoms with Crippen LogP contribution >= 0.6 is 0 Å². The highest BCUT2D eigenvalue weighted by Gasteiger charge is 2.52. The molecule has 0 spiro atoms. The molecule has 3 aromatic carbocycles. The Balaban J connectivity index is 1.53. The Morgan fingerprint density at radius 1 is 0.711 bits per heavy atom. The average molecular weight is 511 g/mol. The molecule has 0 aliphatic carbocycles. The molecule has 0 radical (unpaired) electrons. The number of phenolic OH excluding ortho intramolecular Hbond substituents is 2. The first-order chi connectivity index (χ1) is 18.2. The molecule has 2 aliphatic heterocycles. The van der Waals surface area contributed by atoms with Crippen molar-refractivity contribution in [3.63, 3.8) is 0 Å². The summed E-state index contributed by atoms with van der Waals surface area (Å²) in [6.45, 7) is 4.81. The quantitative estimate of drug-likeness (QED) is 0.437. The highest BCUT2D eigenvalue weighted by atomic mass is 16.3. The van der Waals surface area contributed by atoms with Crippen molar-refractivity contribution in [2.45, 2.75) is 25.8 Å². The Labute approximate surface area is 221 Å². The number of imide groups is 1. The number of amides is 3. The van der Waals surface area contributed by atoms with E-state index in [0.717, 1.165) is 16.7 Å². The van der Waals surface area contributed by atoms with Crippen molar-refractivity contribution in [2.24, 2.45) is 11.8 Å². The fourth-order valence-corrected chi connectivity index (χ4v) is 5.91. The highest BCUT2D eigenvalue weighted by Crippen LogP contribution is 2.50. The molecule has 5 rings (SSSR count). The molecule has 3 aromatic rings. The van der Waals surface area contributed by atoms with E-state index in [4.69, 9.17) is 0 Å². The van der Waals surface area contributed by atoms with Gasteiger partial charge in [-0.25, -0.2) is 0 Å². The maximum atomic E-state index is 14.0. The number of fused-ring (bicyclic) bond motifs is 1. The predicted octanol–water partition coefficient (Wildman–Crippen LogP) is 4.43. The third kappa shape index (κ3) is 4.24. The molecule has 194 valence electrons. The molecule has 7 heteroatoms. The lowest BCUT2D eigenvalue weighted by molar-refractivity contribution is -0.137. The Bertz CT molecular complexity index is 1350. The van der Waals surface area contributed by atoms with Gasteiger partial charge in [-0.1, -0.05) is 56.3 Å². The third-order valence-electron chi connectivity index (χ3n) is 7.46. The van der Waals surface area contributed by atoms with Gasteiger partial charge in [0.05, 0.1) is 0 Å². The van der Waals surface area contributed by atoms with Gasteiger partial charge in [-0.15, -0.1) is 0 Å². The van der Waals surface area contributed by atoms with Crippen molar-refractivity contribution < 1.29 is 24.6 Å². The monoisotopic (exact) mass is 510 g/mol.